The molecule has 0 aromatic carbocycles. The van der Waals surface area contributed by atoms with E-state index in [0.29, 0.717) is 5.41 Å². The van der Waals surface area contributed by atoms with Crippen LogP contribution in [0, 0.1) is 23.2 Å². The molecule has 1 nitrogen and oxygen atoms in total. The van der Waals surface area contributed by atoms with E-state index in [4.69, 9.17) is 5.73 Å². The summed E-state index contributed by atoms with van der Waals surface area (Å²) in [4.78, 5) is 0. The molecule has 1 rings (SSSR count). The molecule has 0 heterocycles. The second-order valence-corrected chi connectivity index (χ2v) is 7.32. The first-order chi connectivity index (χ1) is 7.96. The Kier molecular flexibility index (Phi) is 5.99. The van der Waals surface area contributed by atoms with Crippen LogP contribution in [0.25, 0.3) is 0 Å². The van der Waals surface area contributed by atoms with Crippen LogP contribution in [0.3, 0.4) is 0 Å². The first kappa shape index (κ1) is 15.0. The molecule has 3 unspecified atom stereocenters. The Hall–Kier alpha value is -0.0400. The first-order valence-electron chi connectivity index (χ1n) is 7.66. The highest BCUT2D eigenvalue weighted by Crippen LogP contribution is 2.39. The normalized spacial score (nSPS) is 30.5. The summed E-state index contributed by atoms with van der Waals surface area (Å²) in [5, 5.41) is 0. The van der Waals surface area contributed by atoms with Gasteiger partial charge in [-0.15, -0.1) is 0 Å². The molecule has 3 atom stereocenters. The number of hydrogen-bond acceptors (Lipinski definition) is 1. The maximum absolute atomic E-state index is 5.95. The van der Waals surface area contributed by atoms with Crippen LogP contribution >= 0.6 is 0 Å². The predicted octanol–water partition coefficient (Wildman–Crippen LogP) is 4.60. The second-order valence-electron chi connectivity index (χ2n) is 7.32. The van der Waals surface area contributed by atoms with Crippen LogP contribution in [-0.4, -0.2) is 6.54 Å². The van der Waals surface area contributed by atoms with E-state index in [1.165, 1.54) is 44.9 Å². The van der Waals surface area contributed by atoms with Crippen LogP contribution in [0.1, 0.15) is 72.6 Å². The fourth-order valence-corrected chi connectivity index (χ4v) is 3.38. The van der Waals surface area contributed by atoms with Crippen molar-refractivity contribution in [2.24, 2.45) is 28.9 Å². The topological polar surface area (TPSA) is 26.0 Å². The van der Waals surface area contributed by atoms with Gasteiger partial charge in [-0.25, -0.2) is 0 Å². The summed E-state index contributed by atoms with van der Waals surface area (Å²) in [5.74, 6) is 2.71. The van der Waals surface area contributed by atoms with Gasteiger partial charge in [-0.3, -0.25) is 0 Å². The molecule has 0 radical (unpaired) electrons. The van der Waals surface area contributed by atoms with Crippen molar-refractivity contribution < 1.29 is 0 Å². The van der Waals surface area contributed by atoms with Crippen molar-refractivity contribution in [1.82, 2.24) is 0 Å². The Morgan fingerprint density at radius 1 is 1.06 bits per heavy atom. The molecule has 1 fully saturated rings. The highest BCUT2D eigenvalue weighted by Gasteiger charge is 2.29. The number of nitrogens with two attached hydrogens (primary N) is 1. The zero-order valence-electron chi connectivity index (χ0n) is 12.5. The Bertz CT molecular complexity index is 204. The fourth-order valence-electron chi connectivity index (χ4n) is 3.38. The molecule has 0 amide bonds. The van der Waals surface area contributed by atoms with E-state index in [2.05, 4.69) is 27.7 Å². The monoisotopic (exact) mass is 239 g/mol. The minimum atomic E-state index is 0.483. The Morgan fingerprint density at radius 2 is 1.76 bits per heavy atom. The number of hydrogen-bond donors (Lipinski definition) is 1. The van der Waals surface area contributed by atoms with Crippen LogP contribution in [0.2, 0.25) is 0 Å². The molecular weight excluding hydrogens is 206 g/mol. The third kappa shape index (κ3) is 5.42. The molecule has 0 aromatic heterocycles. The third-order valence-electron chi connectivity index (χ3n) is 4.51. The van der Waals surface area contributed by atoms with Gasteiger partial charge in [-0.05, 0) is 55.4 Å². The van der Waals surface area contributed by atoms with Gasteiger partial charge in [-0.2, -0.15) is 0 Å². The Labute approximate surface area is 109 Å². The van der Waals surface area contributed by atoms with Gasteiger partial charge in [-0.1, -0.05) is 47.0 Å². The van der Waals surface area contributed by atoms with Crippen molar-refractivity contribution >= 4 is 0 Å². The largest absolute Gasteiger partial charge is 0.330 e. The van der Waals surface area contributed by atoms with Crippen LogP contribution in [0.5, 0.6) is 0 Å². The van der Waals surface area contributed by atoms with Gasteiger partial charge in [0.25, 0.3) is 0 Å². The summed E-state index contributed by atoms with van der Waals surface area (Å²) in [5.41, 5.74) is 6.44. The van der Waals surface area contributed by atoms with E-state index in [1.54, 1.807) is 0 Å². The molecular formula is C16H33N. The lowest BCUT2D eigenvalue weighted by molar-refractivity contribution is 0.151. The molecule has 0 spiro atoms. The molecule has 1 aliphatic carbocycles. The van der Waals surface area contributed by atoms with Crippen LogP contribution in [0.4, 0.5) is 0 Å². The molecule has 1 heteroatoms. The van der Waals surface area contributed by atoms with Crippen LogP contribution in [0.15, 0.2) is 0 Å². The Morgan fingerprint density at radius 3 is 2.29 bits per heavy atom. The average molecular weight is 239 g/mol. The highest BCUT2D eigenvalue weighted by atomic mass is 14.6. The summed E-state index contributed by atoms with van der Waals surface area (Å²) >= 11 is 0. The van der Waals surface area contributed by atoms with Gasteiger partial charge in [0, 0.05) is 0 Å². The molecule has 0 saturated heterocycles. The van der Waals surface area contributed by atoms with Gasteiger partial charge in [0.1, 0.15) is 0 Å². The summed E-state index contributed by atoms with van der Waals surface area (Å²) in [6, 6.07) is 0. The van der Waals surface area contributed by atoms with Crippen molar-refractivity contribution in [2.45, 2.75) is 72.6 Å². The Balaban J connectivity index is 2.45. The third-order valence-corrected chi connectivity index (χ3v) is 4.51. The molecule has 1 saturated carbocycles. The molecule has 1 aliphatic rings. The van der Waals surface area contributed by atoms with E-state index in [0.717, 1.165) is 24.3 Å². The maximum Gasteiger partial charge on any atom is -0.00462 e. The minimum absolute atomic E-state index is 0.483. The van der Waals surface area contributed by atoms with Crippen molar-refractivity contribution in [3.8, 4) is 0 Å². The molecule has 0 aromatic rings. The molecule has 0 bridgehead atoms. The van der Waals surface area contributed by atoms with E-state index < -0.39 is 0 Å². The number of rotatable bonds is 5. The predicted molar refractivity (Wildman–Crippen MR) is 77.0 cm³/mol. The summed E-state index contributed by atoms with van der Waals surface area (Å²) < 4.78 is 0. The average Bonchev–Trinajstić information content (AvgIpc) is 2.26. The van der Waals surface area contributed by atoms with Crippen molar-refractivity contribution in [3.05, 3.63) is 0 Å². The van der Waals surface area contributed by atoms with E-state index in [-0.39, 0.29) is 0 Å². The molecule has 17 heavy (non-hydrogen) atoms. The van der Waals surface area contributed by atoms with Crippen molar-refractivity contribution in [3.63, 3.8) is 0 Å². The summed E-state index contributed by atoms with van der Waals surface area (Å²) in [7, 11) is 0. The minimum Gasteiger partial charge on any atom is -0.330 e. The molecule has 2 N–H and O–H groups in total. The van der Waals surface area contributed by atoms with Crippen molar-refractivity contribution in [2.75, 3.05) is 6.54 Å². The molecule has 0 aliphatic heterocycles. The summed E-state index contributed by atoms with van der Waals surface area (Å²) in [6.45, 7) is 10.3. The quantitative estimate of drug-likeness (QED) is 0.745. The summed E-state index contributed by atoms with van der Waals surface area (Å²) in [6.07, 6.45) is 9.80. The van der Waals surface area contributed by atoms with Crippen molar-refractivity contribution in [1.29, 1.82) is 0 Å². The fraction of sp³-hybridized carbons (Fsp3) is 1.00. The zero-order valence-corrected chi connectivity index (χ0v) is 12.5. The standard InChI is InChI=1S/C16H33N/c1-5-6-13-7-8-15(12-17)14(11-13)9-10-16(2,3)4/h13-15H,5-12,17H2,1-4H3. The van der Waals surface area contributed by atoms with Crippen LogP contribution in [-0.2, 0) is 0 Å². The SMILES string of the molecule is CCCC1CCC(CN)C(CCC(C)(C)C)C1. The molecule has 102 valence electrons. The van der Waals surface area contributed by atoms with E-state index in [9.17, 15) is 0 Å². The maximum atomic E-state index is 5.95. The van der Waals surface area contributed by atoms with Crippen LogP contribution < -0.4 is 5.73 Å². The second kappa shape index (κ2) is 6.78. The highest BCUT2D eigenvalue weighted by molar-refractivity contribution is 4.81. The lowest BCUT2D eigenvalue weighted by Gasteiger charge is -2.37. The lowest BCUT2D eigenvalue weighted by atomic mass is 9.69. The van der Waals surface area contributed by atoms with Gasteiger partial charge in [0.05, 0.1) is 0 Å². The van der Waals surface area contributed by atoms with Gasteiger partial charge in [0.15, 0.2) is 0 Å². The first-order valence-corrected chi connectivity index (χ1v) is 7.66. The van der Waals surface area contributed by atoms with Gasteiger partial charge in [0.2, 0.25) is 0 Å². The zero-order chi connectivity index (χ0) is 12.9. The van der Waals surface area contributed by atoms with Gasteiger partial charge >= 0.3 is 0 Å². The van der Waals surface area contributed by atoms with E-state index >= 15 is 0 Å². The smallest absolute Gasteiger partial charge is 0.00462 e. The van der Waals surface area contributed by atoms with Gasteiger partial charge < -0.3 is 5.73 Å². The van der Waals surface area contributed by atoms with E-state index in [1.807, 2.05) is 0 Å². The lowest BCUT2D eigenvalue weighted by Crippen LogP contribution is -2.31.